The molecule has 2 N–H and O–H groups in total. The monoisotopic (exact) mass is 133 g/mol. The molecule has 1 atom stereocenters. The number of hydrogen-bond donors (Lipinski definition) is 1. The Morgan fingerprint density at radius 2 is 1.88 bits per heavy atom. The van der Waals surface area contributed by atoms with E-state index in [4.69, 9.17) is 10.2 Å². The first-order valence-corrected chi connectivity index (χ1v) is 4.39. The molecule has 50 valence electrons. The molecule has 1 unspecified atom stereocenters. The summed E-state index contributed by atoms with van der Waals surface area (Å²) in [6.45, 7) is 6.07. The Labute approximate surface area is 53.4 Å². The molecule has 0 rings (SSSR count). The highest BCUT2D eigenvalue weighted by Gasteiger charge is 1.96. The lowest BCUT2D eigenvalue weighted by atomic mass is 10.5. The molecule has 0 spiro atoms. The minimum Gasteiger partial charge on any atom is -0.420 e. The smallest absolute Gasteiger partial charge is 0.178 e. The Balaban J connectivity index is 2.93. The van der Waals surface area contributed by atoms with Gasteiger partial charge in [0, 0.05) is 11.8 Å². The summed E-state index contributed by atoms with van der Waals surface area (Å²) in [5, 5.41) is 0. The van der Waals surface area contributed by atoms with Gasteiger partial charge in [-0.25, -0.2) is 0 Å². The second kappa shape index (κ2) is 4.06. The van der Waals surface area contributed by atoms with Gasteiger partial charge < -0.3 is 10.2 Å². The van der Waals surface area contributed by atoms with Crippen LogP contribution in [-0.2, 0) is 4.43 Å². The summed E-state index contributed by atoms with van der Waals surface area (Å²) >= 11 is 0. The van der Waals surface area contributed by atoms with Crippen molar-refractivity contribution in [2.24, 2.45) is 5.73 Å². The maximum Gasteiger partial charge on any atom is 0.178 e. The fourth-order valence-electron chi connectivity index (χ4n) is 0.344. The first-order chi connectivity index (χ1) is 3.63. The molecule has 0 saturated heterocycles. The van der Waals surface area contributed by atoms with E-state index in [1.54, 1.807) is 0 Å². The number of rotatable bonds is 3. The lowest BCUT2D eigenvalue weighted by molar-refractivity contribution is 0.252. The van der Waals surface area contributed by atoms with Crippen LogP contribution in [0.2, 0.25) is 0 Å². The van der Waals surface area contributed by atoms with Crippen molar-refractivity contribution in [3.8, 4) is 0 Å². The van der Waals surface area contributed by atoms with E-state index in [0.29, 0.717) is 11.8 Å². The zero-order valence-electron chi connectivity index (χ0n) is 5.85. The Hall–Kier alpha value is 0.137. The molecule has 2 nitrogen and oxygen atoms in total. The summed E-state index contributed by atoms with van der Waals surface area (Å²) in [7, 11) is -0.424. The van der Waals surface area contributed by atoms with Gasteiger partial charge in [-0.1, -0.05) is 6.92 Å². The molecule has 8 heavy (non-hydrogen) atoms. The van der Waals surface area contributed by atoms with Gasteiger partial charge in [-0.05, 0) is 13.8 Å². The van der Waals surface area contributed by atoms with Crippen molar-refractivity contribution in [1.29, 1.82) is 0 Å². The van der Waals surface area contributed by atoms with Gasteiger partial charge in [0.2, 0.25) is 0 Å². The van der Waals surface area contributed by atoms with Crippen LogP contribution in [0.15, 0.2) is 0 Å². The van der Waals surface area contributed by atoms with Crippen molar-refractivity contribution in [3.05, 3.63) is 0 Å². The summed E-state index contributed by atoms with van der Waals surface area (Å²) in [6.07, 6.45) is 0.368. The Morgan fingerprint density at radius 1 is 1.38 bits per heavy atom. The highest BCUT2D eigenvalue weighted by atomic mass is 28.2. The zero-order valence-corrected chi connectivity index (χ0v) is 7.26. The lowest BCUT2D eigenvalue weighted by Gasteiger charge is -2.08. The molecule has 0 saturated carbocycles. The van der Waals surface area contributed by atoms with Gasteiger partial charge in [0.05, 0.1) is 0 Å². The molecule has 0 aliphatic carbocycles. The second-order valence-electron chi connectivity index (χ2n) is 2.36. The van der Waals surface area contributed by atoms with Crippen LogP contribution in [0.25, 0.3) is 0 Å². The molecule has 0 aromatic carbocycles. The molecule has 0 aromatic heterocycles. The van der Waals surface area contributed by atoms with Crippen molar-refractivity contribution in [2.75, 3.05) is 0 Å². The van der Waals surface area contributed by atoms with Crippen LogP contribution < -0.4 is 5.73 Å². The Morgan fingerprint density at radius 3 is 2.00 bits per heavy atom. The summed E-state index contributed by atoms with van der Waals surface area (Å²) in [5.41, 5.74) is 5.78. The van der Waals surface area contributed by atoms with Crippen molar-refractivity contribution < 1.29 is 4.43 Å². The second-order valence-corrected chi connectivity index (χ2v) is 4.31. The van der Waals surface area contributed by atoms with Crippen LogP contribution in [0.5, 0.6) is 0 Å². The van der Waals surface area contributed by atoms with E-state index in [9.17, 15) is 0 Å². The molecular formula is C5H15NOSi. The molecule has 0 fully saturated rings. The van der Waals surface area contributed by atoms with E-state index < -0.39 is 9.76 Å². The maximum atomic E-state index is 5.48. The Bertz CT molecular complexity index is 48.4. The summed E-state index contributed by atoms with van der Waals surface area (Å²) in [4.78, 5) is 0. The summed E-state index contributed by atoms with van der Waals surface area (Å²) < 4.78 is 5.32. The minimum atomic E-state index is -0.424. The fraction of sp³-hybridized carbons (Fsp3) is 1.00. The van der Waals surface area contributed by atoms with Crippen molar-refractivity contribution in [2.45, 2.75) is 32.5 Å². The molecule has 0 bridgehead atoms. The van der Waals surface area contributed by atoms with Crippen molar-refractivity contribution in [1.82, 2.24) is 0 Å². The molecule has 0 heterocycles. The zero-order chi connectivity index (χ0) is 6.57. The van der Waals surface area contributed by atoms with Gasteiger partial charge in [-0.3, -0.25) is 0 Å². The minimum absolute atomic E-state index is 0.303. The number of nitrogens with two attached hydrogens (primary N) is 1. The third-order valence-electron chi connectivity index (χ3n) is 0.692. The molecular weight excluding hydrogens is 118 g/mol. The van der Waals surface area contributed by atoms with Crippen LogP contribution in [0.3, 0.4) is 0 Å². The van der Waals surface area contributed by atoms with E-state index >= 15 is 0 Å². The average molecular weight is 133 g/mol. The van der Waals surface area contributed by atoms with E-state index in [-0.39, 0.29) is 0 Å². The third kappa shape index (κ3) is 6.14. The van der Waals surface area contributed by atoms with Crippen LogP contribution in [-0.4, -0.2) is 21.5 Å². The van der Waals surface area contributed by atoms with Crippen LogP contribution in [0.1, 0.15) is 20.8 Å². The molecule has 3 heteroatoms. The standard InChI is InChI=1S/C5H15NOSi/c1-4(2)7-8-5(3)6/h4-5H,6,8H2,1-3H3. The highest BCUT2D eigenvalue weighted by Crippen LogP contribution is 1.85. The van der Waals surface area contributed by atoms with Gasteiger partial charge in [-0.2, -0.15) is 0 Å². The van der Waals surface area contributed by atoms with Gasteiger partial charge in [0.15, 0.2) is 9.76 Å². The van der Waals surface area contributed by atoms with Crippen LogP contribution >= 0.6 is 0 Å². The molecule has 0 amide bonds. The molecule has 0 radical (unpaired) electrons. The van der Waals surface area contributed by atoms with Gasteiger partial charge >= 0.3 is 0 Å². The predicted molar refractivity (Wildman–Crippen MR) is 38.4 cm³/mol. The topological polar surface area (TPSA) is 35.2 Å². The largest absolute Gasteiger partial charge is 0.420 e. The lowest BCUT2D eigenvalue weighted by Crippen LogP contribution is -2.27. The van der Waals surface area contributed by atoms with Crippen molar-refractivity contribution >= 4 is 9.76 Å². The summed E-state index contributed by atoms with van der Waals surface area (Å²) in [5.74, 6) is 0. The summed E-state index contributed by atoms with van der Waals surface area (Å²) in [6, 6.07) is 0. The molecule has 0 aliphatic heterocycles. The maximum absolute atomic E-state index is 5.48. The predicted octanol–water partition coefficient (Wildman–Crippen LogP) is -0.200. The SMILES string of the molecule is CC(C)O[SiH2]C(C)N. The first kappa shape index (κ1) is 8.14. The fourth-order valence-corrected chi connectivity index (χ4v) is 1.03. The van der Waals surface area contributed by atoms with Gasteiger partial charge in [0.1, 0.15) is 0 Å². The average Bonchev–Trinajstić information content (AvgIpc) is 1.61. The number of hydrogen-bond acceptors (Lipinski definition) is 2. The third-order valence-corrected chi connectivity index (χ3v) is 2.08. The normalized spacial score (nSPS) is 16.1. The Kier molecular flexibility index (Phi) is 4.13. The molecule has 0 aliphatic rings. The van der Waals surface area contributed by atoms with E-state index in [1.165, 1.54) is 0 Å². The molecule has 0 aromatic rings. The van der Waals surface area contributed by atoms with Crippen LogP contribution in [0.4, 0.5) is 0 Å². The quantitative estimate of drug-likeness (QED) is 0.541. The van der Waals surface area contributed by atoms with Crippen LogP contribution in [0, 0.1) is 0 Å². The van der Waals surface area contributed by atoms with Gasteiger partial charge in [0.25, 0.3) is 0 Å². The van der Waals surface area contributed by atoms with E-state index in [1.807, 2.05) is 20.8 Å². The first-order valence-electron chi connectivity index (χ1n) is 3.00. The highest BCUT2D eigenvalue weighted by molar-refractivity contribution is 6.29. The van der Waals surface area contributed by atoms with Gasteiger partial charge in [-0.15, -0.1) is 0 Å². The van der Waals surface area contributed by atoms with E-state index in [0.717, 1.165) is 0 Å². The van der Waals surface area contributed by atoms with E-state index in [2.05, 4.69) is 0 Å². The van der Waals surface area contributed by atoms with Crippen molar-refractivity contribution in [3.63, 3.8) is 0 Å².